The fraction of sp³-hybridized carbons (Fsp3) is 1.00. The molecule has 64 valence electrons. The van der Waals surface area contributed by atoms with Crippen LogP contribution in [0.25, 0.3) is 0 Å². The average molecular weight is 156 g/mol. The summed E-state index contributed by atoms with van der Waals surface area (Å²) in [6.45, 7) is 7.58. The molecule has 2 aliphatic rings. The van der Waals surface area contributed by atoms with Crippen LogP contribution in [-0.2, 0) is 9.47 Å². The van der Waals surface area contributed by atoms with Gasteiger partial charge in [0.05, 0.1) is 12.7 Å². The summed E-state index contributed by atoms with van der Waals surface area (Å²) in [6, 6.07) is 0. The number of hydrogen-bond acceptors (Lipinski definition) is 2. The number of fused-ring (bicyclic) bond motifs is 2. The van der Waals surface area contributed by atoms with Crippen LogP contribution in [0.3, 0.4) is 0 Å². The highest BCUT2D eigenvalue weighted by Crippen LogP contribution is 2.39. The topological polar surface area (TPSA) is 18.5 Å². The molecule has 2 rings (SSSR count). The maximum absolute atomic E-state index is 5.67. The van der Waals surface area contributed by atoms with Gasteiger partial charge in [-0.05, 0) is 11.8 Å². The van der Waals surface area contributed by atoms with Gasteiger partial charge < -0.3 is 9.47 Å². The third-order valence-corrected chi connectivity index (χ3v) is 3.41. The number of ether oxygens (including phenoxy) is 2. The summed E-state index contributed by atoms with van der Waals surface area (Å²) in [4.78, 5) is 0. The summed E-state index contributed by atoms with van der Waals surface area (Å²) in [5.74, 6) is 1.95. The molecule has 0 aromatic carbocycles. The maximum Gasteiger partial charge on any atom is 0.160 e. The monoisotopic (exact) mass is 156 g/mol. The zero-order chi connectivity index (χ0) is 8.01. The fourth-order valence-electron chi connectivity index (χ4n) is 2.06. The van der Waals surface area contributed by atoms with Crippen LogP contribution in [-0.4, -0.2) is 19.0 Å². The second kappa shape index (κ2) is 2.46. The Kier molecular flexibility index (Phi) is 1.69. The van der Waals surface area contributed by atoms with Crippen LogP contribution >= 0.6 is 0 Å². The van der Waals surface area contributed by atoms with Crippen molar-refractivity contribution in [2.75, 3.05) is 6.61 Å². The van der Waals surface area contributed by atoms with Crippen LogP contribution in [0.5, 0.6) is 0 Å². The zero-order valence-electron chi connectivity index (χ0n) is 7.41. The van der Waals surface area contributed by atoms with Gasteiger partial charge in [0, 0.05) is 5.92 Å². The lowest BCUT2D eigenvalue weighted by atomic mass is 9.80. The highest BCUT2D eigenvalue weighted by molar-refractivity contribution is 4.86. The van der Waals surface area contributed by atoms with Crippen molar-refractivity contribution < 1.29 is 9.47 Å². The molecule has 0 N–H and O–H groups in total. The molecule has 0 aromatic rings. The third kappa shape index (κ3) is 1.00. The molecular formula is C9H16O2. The summed E-state index contributed by atoms with van der Waals surface area (Å²) in [5, 5.41) is 0. The molecule has 2 heteroatoms. The van der Waals surface area contributed by atoms with Crippen LogP contribution in [0.15, 0.2) is 0 Å². The minimum Gasteiger partial charge on any atom is -0.350 e. The second-order valence-electron chi connectivity index (χ2n) is 3.95. The molecule has 2 aliphatic heterocycles. The maximum atomic E-state index is 5.67. The smallest absolute Gasteiger partial charge is 0.160 e. The first-order valence-electron chi connectivity index (χ1n) is 4.47. The molecule has 2 fully saturated rings. The van der Waals surface area contributed by atoms with Crippen LogP contribution < -0.4 is 0 Å². The molecule has 0 aromatic heterocycles. The first-order chi connectivity index (χ1) is 5.20. The number of hydrogen-bond donors (Lipinski definition) is 0. The van der Waals surface area contributed by atoms with Crippen molar-refractivity contribution in [2.45, 2.75) is 33.2 Å². The Labute approximate surface area is 67.9 Å². The first kappa shape index (κ1) is 7.56. The summed E-state index contributed by atoms with van der Waals surface area (Å²) in [5.41, 5.74) is 0. The van der Waals surface area contributed by atoms with Crippen molar-refractivity contribution in [2.24, 2.45) is 17.8 Å². The average Bonchev–Trinajstić information content (AvgIpc) is 2.44. The van der Waals surface area contributed by atoms with Crippen molar-refractivity contribution in [1.82, 2.24) is 0 Å². The summed E-state index contributed by atoms with van der Waals surface area (Å²) < 4.78 is 11.2. The van der Waals surface area contributed by atoms with Crippen LogP contribution in [0.1, 0.15) is 20.8 Å². The van der Waals surface area contributed by atoms with Gasteiger partial charge in [0.15, 0.2) is 6.29 Å². The van der Waals surface area contributed by atoms with E-state index in [0.717, 1.165) is 12.5 Å². The molecule has 2 unspecified atom stereocenters. The van der Waals surface area contributed by atoms with E-state index in [2.05, 4.69) is 20.8 Å². The molecule has 5 atom stereocenters. The van der Waals surface area contributed by atoms with E-state index in [-0.39, 0.29) is 6.29 Å². The van der Waals surface area contributed by atoms with Crippen molar-refractivity contribution in [1.29, 1.82) is 0 Å². The molecule has 2 heterocycles. The van der Waals surface area contributed by atoms with Crippen molar-refractivity contribution in [3.8, 4) is 0 Å². The third-order valence-electron chi connectivity index (χ3n) is 3.41. The molecule has 0 amide bonds. The minimum absolute atomic E-state index is 0.0891. The van der Waals surface area contributed by atoms with Gasteiger partial charge in [0.25, 0.3) is 0 Å². The van der Waals surface area contributed by atoms with E-state index in [1.807, 2.05) is 0 Å². The van der Waals surface area contributed by atoms with Gasteiger partial charge >= 0.3 is 0 Å². The van der Waals surface area contributed by atoms with Crippen LogP contribution in [0, 0.1) is 17.8 Å². The van der Waals surface area contributed by atoms with Crippen LogP contribution in [0.2, 0.25) is 0 Å². The van der Waals surface area contributed by atoms with E-state index >= 15 is 0 Å². The largest absolute Gasteiger partial charge is 0.350 e. The minimum atomic E-state index is 0.0891. The molecule has 0 radical (unpaired) electrons. The first-order valence-corrected chi connectivity index (χ1v) is 4.47. The van der Waals surface area contributed by atoms with Gasteiger partial charge in [-0.2, -0.15) is 0 Å². The normalized spacial score (nSPS) is 56.5. The van der Waals surface area contributed by atoms with Gasteiger partial charge in [-0.3, -0.25) is 0 Å². The van der Waals surface area contributed by atoms with E-state index < -0.39 is 0 Å². The Morgan fingerprint density at radius 2 is 1.73 bits per heavy atom. The molecular weight excluding hydrogens is 140 g/mol. The molecule has 11 heavy (non-hydrogen) atoms. The Bertz CT molecular complexity index is 138. The molecule has 0 saturated carbocycles. The van der Waals surface area contributed by atoms with Gasteiger partial charge in [-0.25, -0.2) is 0 Å². The Morgan fingerprint density at radius 3 is 2.45 bits per heavy atom. The summed E-state index contributed by atoms with van der Waals surface area (Å²) in [7, 11) is 0. The lowest BCUT2D eigenvalue weighted by Crippen LogP contribution is -2.39. The standard InChI is InChI=1S/C9H16O2/c1-5-6(2)8-4-10-9(11-8)7(5)3/h5-9H,4H2,1-3H3/t5-,6+,7?,8?,9-/m0/s1. The van der Waals surface area contributed by atoms with Crippen molar-refractivity contribution in [3.63, 3.8) is 0 Å². The lowest BCUT2D eigenvalue weighted by Gasteiger charge is -2.35. The highest BCUT2D eigenvalue weighted by Gasteiger charge is 2.44. The van der Waals surface area contributed by atoms with Crippen LogP contribution in [0.4, 0.5) is 0 Å². The zero-order valence-corrected chi connectivity index (χ0v) is 7.41. The van der Waals surface area contributed by atoms with E-state index in [9.17, 15) is 0 Å². The Morgan fingerprint density at radius 1 is 1.00 bits per heavy atom. The van der Waals surface area contributed by atoms with E-state index in [4.69, 9.17) is 9.47 Å². The van der Waals surface area contributed by atoms with Gasteiger partial charge in [0.1, 0.15) is 0 Å². The summed E-state index contributed by atoms with van der Waals surface area (Å²) in [6.07, 6.45) is 0.456. The van der Waals surface area contributed by atoms with E-state index in [0.29, 0.717) is 17.9 Å². The second-order valence-corrected chi connectivity index (χ2v) is 3.95. The molecule has 2 bridgehead atoms. The van der Waals surface area contributed by atoms with Crippen molar-refractivity contribution >= 4 is 0 Å². The quantitative estimate of drug-likeness (QED) is 0.531. The van der Waals surface area contributed by atoms with Crippen molar-refractivity contribution in [3.05, 3.63) is 0 Å². The molecule has 2 saturated heterocycles. The van der Waals surface area contributed by atoms with Gasteiger partial charge in [0.2, 0.25) is 0 Å². The fourth-order valence-corrected chi connectivity index (χ4v) is 2.06. The Hall–Kier alpha value is -0.0800. The highest BCUT2D eigenvalue weighted by atomic mass is 16.7. The molecule has 2 nitrogen and oxygen atoms in total. The SMILES string of the molecule is CC1[C@H]2OCC(O2)[C@H](C)[C@@H]1C. The van der Waals surface area contributed by atoms with E-state index in [1.165, 1.54) is 0 Å². The lowest BCUT2D eigenvalue weighted by molar-refractivity contribution is -0.150. The number of rotatable bonds is 0. The molecule has 0 aliphatic carbocycles. The van der Waals surface area contributed by atoms with E-state index in [1.54, 1.807) is 0 Å². The predicted octanol–water partition coefficient (Wildman–Crippen LogP) is 1.65. The molecule has 0 spiro atoms. The Balaban J connectivity index is 2.16. The van der Waals surface area contributed by atoms with Gasteiger partial charge in [-0.1, -0.05) is 20.8 Å². The van der Waals surface area contributed by atoms with Gasteiger partial charge in [-0.15, -0.1) is 0 Å². The predicted molar refractivity (Wildman–Crippen MR) is 42.1 cm³/mol. The summed E-state index contributed by atoms with van der Waals surface area (Å²) >= 11 is 0.